The number of halogens is 4. The predicted molar refractivity (Wildman–Crippen MR) is 306 cm³/mol. The molecule has 454 valence electrons. The molecule has 0 spiro atoms. The summed E-state index contributed by atoms with van der Waals surface area (Å²) in [6, 6.07) is 0. The molecule has 6 unspecified atom stereocenters. The number of Topliss-reactive ketones (excluding diaryl/α,β-unsaturated/α-hetero) is 3. The summed E-state index contributed by atoms with van der Waals surface area (Å²) >= 11 is 0. The van der Waals surface area contributed by atoms with Crippen molar-refractivity contribution in [3.05, 3.63) is 0 Å². The van der Waals surface area contributed by atoms with E-state index < -0.39 is 106 Å². The first-order chi connectivity index (χ1) is 33.9. The van der Waals surface area contributed by atoms with E-state index in [1.165, 1.54) is 0 Å². The van der Waals surface area contributed by atoms with Crippen LogP contribution >= 0.6 is 0 Å². The molecule has 4 saturated carbocycles. The van der Waals surface area contributed by atoms with Crippen molar-refractivity contribution >= 4 is 76.6 Å². The number of carboxylic acids is 2. The van der Waals surface area contributed by atoms with Gasteiger partial charge in [0.1, 0.15) is 48.5 Å². The van der Waals surface area contributed by atoms with Crippen LogP contribution in [0, 0.1) is 55.7 Å². The highest BCUT2D eigenvalue weighted by molar-refractivity contribution is 7.49. The molecule has 0 saturated heterocycles. The average Bonchev–Trinajstić information content (AvgIpc) is 3.18. The lowest BCUT2D eigenvalue weighted by Gasteiger charge is -2.46. The highest BCUT2D eigenvalue weighted by Crippen LogP contribution is 2.50. The molecule has 4 aliphatic carbocycles. The van der Waals surface area contributed by atoms with Gasteiger partial charge >= 0.3 is 11.9 Å². The van der Waals surface area contributed by atoms with Gasteiger partial charge < -0.3 is 42.7 Å². The van der Waals surface area contributed by atoms with Crippen molar-refractivity contribution in [1.82, 2.24) is 0 Å². The number of primary amides is 3. The monoisotopic (exact) mass is 1130 g/mol. The summed E-state index contributed by atoms with van der Waals surface area (Å²) in [5.41, 5.74) is 11.6. The largest absolute Gasteiger partial charge is 0.481 e. The molecule has 79 heavy (non-hydrogen) atoms. The van der Waals surface area contributed by atoms with Gasteiger partial charge in [0.2, 0.25) is 17.6 Å². The van der Waals surface area contributed by atoms with Crippen molar-refractivity contribution < 1.29 is 81.5 Å². The van der Waals surface area contributed by atoms with Crippen LogP contribution < -0.4 is 17.2 Å². The van der Waals surface area contributed by atoms with E-state index in [0.717, 1.165) is 6.42 Å². The molecule has 3 amide bonds. The van der Waals surface area contributed by atoms with E-state index in [9.17, 15) is 66.1 Å². The van der Waals surface area contributed by atoms with Crippen molar-refractivity contribution in [3.63, 3.8) is 0 Å². The molecular formula is C55H101B4F4N3O13. The molecule has 0 aromatic heterocycles. The maximum absolute atomic E-state index is 13.2. The zero-order chi connectivity index (χ0) is 60.7. The van der Waals surface area contributed by atoms with Crippen molar-refractivity contribution in [3.8, 4) is 0 Å². The third-order valence-corrected chi connectivity index (χ3v) is 13.9. The van der Waals surface area contributed by atoms with Gasteiger partial charge in [-0.15, -0.1) is 0 Å². The Morgan fingerprint density at radius 3 is 1.01 bits per heavy atom. The Balaban J connectivity index is -0.000000289. The summed E-state index contributed by atoms with van der Waals surface area (Å²) in [5.74, 6) is -6.23. The standard InChI is InChI=1S/C15H26FNO3.C15H24FNO3.C8H16O2.C7H12FNO2.C7H11FO3.3CH4.B4/c2*1-9(5-14(2,3)4)11(18)8-15(6-10(16)7-15)12(19)13(17)20;1-6(7(9)10)5-8(2,3)4;1-7(2-4(8)3-7)5(10)6(9)11;1-7(2-4(8)3-7)5(9)6(10)11;;;;1-4(2)3/h9-10,12,19H,5-8H2,1-4H3,(H2,17,20);9-10H,5-8H2,1-4H3,(H2,17,20);6H,5H2,1-4H3,(H,9,10);4-5,10H,2-3H2,1H3,(H2,9,11);4-5,9H,2-3H2,1H3,(H,10,11);3*1H4;. The van der Waals surface area contributed by atoms with E-state index in [0.29, 0.717) is 12.8 Å². The average molecular weight is 1130 g/mol. The number of ketones is 3. The number of alkyl halides is 4. The topological polar surface area (TPSA) is 316 Å². The van der Waals surface area contributed by atoms with Crippen LogP contribution in [0.2, 0.25) is 0 Å². The second-order valence-electron chi connectivity index (χ2n) is 26.2. The second-order valence-corrected chi connectivity index (χ2v) is 26.2. The van der Waals surface area contributed by atoms with Gasteiger partial charge in [0.05, 0.1) is 11.3 Å². The summed E-state index contributed by atoms with van der Waals surface area (Å²) in [5, 5.41) is 45.1. The first-order valence-corrected chi connectivity index (χ1v) is 25.7. The molecule has 6 radical (unpaired) electrons. The number of hydrogen-bond donors (Lipinski definition) is 8. The van der Waals surface area contributed by atoms with Crippen molar-refractivity contribution in [2.75, 3.05) is 0 Å². The number of rotatable bonds is 18. The van der Waals surface area contributed by atoms with E-state index in [1.54, 1.807) is 20.8 Å². The minimum absolute atomic E-state index is 0. The Labute approximate surface area is 475 Å². The minimum atomic E-state index is -1.44. The number of hydrogen-bond acceptors (Lipinski definition) is 11. The molecule has 0 aromatic rings. The van der Waals surface area contributed by atoms with Gasteiger partial charge in [0, 0.05) is 70.5 Å². The van der Waals surface area contributed by atoms with E-state index in [2.05, 4.69) is 23.2 Å². The number of carbonyl (C=O) groups excluding carboxylic acids is 6. The van der Waals surface area contributed by atoms with Gasteiger partial charge in [-0.05, 0) is 86.9 Å². The van der Waals surface area contributed by atoms with Gasteiger partial charge in [0.25, 0.3) is 5.91 Å². The van der Waals surface area contributed by atoms with E-state index in [1.807, 2.05) is 76.2 Å². The minimum Gasteiger partial charge on any atom is -0.481 e. The first-order valence-electron chi connectivity index (χ1n) is 25.7. The first kappa shape index (κ1) is 84.0. The van der Waals surface area contributed by atoms with Gasteiger partial charge in [-0.1, -0.05) is 119 Å². The maximum Gasteiger partial charge on any atom is 0.333 e. The summed E-state index contributed by atoms with van der Waals surface area (Å²) in [6.07, 6.45) is -5.94. The van der Waals surface area contributed by atoms with Crippen LogP contribution in [0.25, 0.3) is 0 Å². The van der Waals surface area contributed by atoms with Crippen LogP contribution in [-0.4, -0.2) is 145 Å². The fraction of sp³-hybridized carbons (Fsp3) is 0.855. The summed E-state index contributed by atoms with van der Waals surface area (Å²) in [4.78, 5) is 89.7. The maximum atomic E-state index is 13.2. The molecule has 0 aromatic carbocycles. The zero-order valence-electron chi connectivity index (χ0n) is 47.5. The molecule has 0 aliphatic heterocycles. The van der Waals surface area contributed by atoms with Crippen molar-refractivity contribution in [2.24, 2.45) is 72.9 Å². The van der Waals surface area contributed by atoms with E-state index >= 15 is 0 Å². The fourth-order valence-electron chi connectivity index (χ4n) is 10.1. The molecular weight excluding hydrogens is 1030 g/mol. The highest BCUT2D eigenvalue weighted by Gasteiger charge is 2.55. The SMILES string of the molecule is C.C.C.CC(CC(C)(C)C)C(=O)CC1(C(=O)C(N)=O)CC(F)C1.CC(CC(C)(C)C)C(=O)CC1(C(O)C(N)=O)CC(F)C1.CC(CC(C)(C)C)C(=O)O.CC1(C(O)C(=O)O)CC(F)C1.CC1(C(O)C(N)=O)CC(F)C1.[B]B([B])[B]. The molecule has 4 rings (SSSR count). The van der Waals surface area contributed by atoms with Gasteiger partial charge in [-0.3, -0.25) is 33.6 Å². The summed E-state index contributed by atoms with van der Waals surface area (Å²) < 4.78 is 51.0. The molecule has 0 heterocycles. The number of carbonyl (C=O) groups is 8. The van der Waals surface area contributed by atoms with Crippen molar-refractivity contribution in [1.29, 1.82) is 0 Å². The molecule has 16 nitrogen and oxygen atoms in total. The zero-order valence-corrected chi connectivity index (χ0v) is 47.5. The van der Waals surface area contributed by atoms with Gasteiger partial charge in [-0.2, -0.15) is 0 Å². The Morgan fingerprint density at radius 1 is 0.506 bits per heavy atom. The highest BCUT2D eigenvalue weighted by atomic mass is 19.1. The number of nitrogens with two attached hydrogens (primary N) is 3. The Bertz CT molecular complexity index is 1900. The quantitative estimate of drug-likeness (QED) is 0.0382. The van der Waals surface area contributed by atoms with E-state index in [-0.39, 0.29) is 132 Å². The van der Waals surface area contributed by atoms with Crippen LogP contribution in [0.5, 0.6) is 0 Å². The van der Waals surface area contributed by atoms with Crippen LogP contribution in [-0.2, 0) is 38.4 Å². The number of amides is 3. The third kappa shape index (κ3) is 30.2. The van der Waals surface area contributed by atoms with Crippen LogP contribution in [0.4, 0.5) is 17.6 Å². The van der Waals surface area contributed by atoms with Crippen molar-refractivity contribution in [2.45, 2.75) is 246 Å². The van der Waals surface area contributed by atoms with Gasteiger partial charge in [-0.25, -0.2) is 22.4 Å². The summed E-state index contributed by atoms with van der Waals surface area (Å²) in [7, 11) is 14.0. The molecule has 4 aliphatic rings. The lowest BCUT2D eigenvalue weighted by molar-refractivity contribution is -0.162. The lowest BCUT2D eigenvalue weighted by Crippen LogP contribution is -2.54. The molecule has 6 atom stereocenters. The Hall–Kier alpha value is -3.78. The number of aliphatic hydroxyl groups excluding tert-OH is 3. The van der Waals surface area contributed by atoms with Crippen LogP contribution in [0.3, 0.4) is 0 Å². The summed E-state index contributed by atoms with van der Waals surface area (Å²) in [6.45, 7) is 27.0. The van der Waals surface area contributed by atoms with Gasteiger partial charge in [0.15, 0.2) is 6.10 Å². The molecule has 24 heteroatoms. The van der Waals surface area contributed by atoms with E-state index in [4.69, 9.17) is 32.5 Å². The fourth-order valence-corrected chi connectivity index (χ4v) is 10.1. The lowest BCUT2D eigenvalue weighted by atomic mass is 9.08. The second kappa shape index (κ2) is 34.0. The van der Waals surface area contributed by atoms with Crippen LogP contribution in [0.15, 0.2) is 0 Å². The number of aliphatic carboxylic acids is 2. The smallest absolute Gasteiger partial charge is 0.333 e. The Kier molecular flexibility index (Phi) is 36.1. The molecule has 0 bridgehead atoms. The molecule has 4 fully saturated rings. The molecule has 11 N–H and O–H groups in total. The Morgan fingerprint density at radius 2 is 0.785 bits per heavy atom. The van der Waals surface area contributed by atoms with Crippen LogP contribution in [0.1, 0.15) is 203 Å². The predicted octanol–water partition coefficient (Wildman–Crippen LogP) is 7.24. The third-order valence-electron chi connectivity index (χ3n) is 13.9. The number of carboxylic acid groups (broad SMARTS) is 2. The normalized spacial score (nSPS) is 27.6. The number of aliphatic hydroxyl groups is 3.